The molecule has 1 saturated heterocycles. The van der Waals surface area contributed by atoms with Crippen LogP contribution in [0.2, 0.25) is 0 Å². The number of rotatable bonds is 8. The number of hydrogen-bond acceptors (Lipinski definition) is 4. The van der Waals surface area contributed by atoms with Gasteiger partial charge in [0.05, 0.1) is 11.8 Å². The smallest absolute Gasteiger partial charge is 0.242 e. The van der Waals surface area contributed by atoms with Crippen LogP contribution in [0.25, 0.3) is 0 Å². The fraction of sp³-hybridized carbons (Fsp3) is 0.478. The summed E-state index contributed by atoms with van der Waals surface area (Å²) in [4.78, 5) is 53.5. The number of amides is 4. The first-order valence-electron chi connectivity index (χ1n) is 10.5. The van der Waals surface area contributed by atoms with Crippen LogP contribution in [0, 0.1) is 11.8 Å². The van der Waals surface area contributed by atoms with Crippen LogP contribution < -0.4 is 5.32 Å². The van der Waals surface area contributed by atoms with Gasteiger partial charge in [0.2, 0.25) is 23.6 Å². The van der Waals surface area contributed by atoms with Crippen molar-refractivity contribution in [2.75, 3.05) is 13.1 Å². The number of carbonyl (C=O) groups is 4. The lowest BCUT2D eigenvalue weighted by atomic mass is 9.85. The zero-order valence-electron chi connectivity index (χ0n) is 17.5. The fourth-order valence-electron chi connectivity index (χ4n) is 4.13. The Morgan fingerprint density at radius 2 is 1.70 bits per heavy atom. The molecule has 1 aliphatic carbocycles. The van der Waals surface area contributed by atoms with Gasteiger partial charge in [-0.15, -0.1) is 0 Å². The van der Waals surface area contributed by atoms with E-state index >= 15 is 0 Å². The standard InChI is InChI=1S/C23H29N3O4/c1-3-24-21(28)16(2)26(15-17-9-5-4-6-10-17)20(27)13-14-25-22(29)18-11-7-8-12-19(18)23(25)30/h4-10,16,18-19H,3,11-15H2,1-2H3,(H,24,28)/t16-,18-,19+/m0/s1. The summed E-state index contributed by atoms with van der Waals surface area (Å²) >= 11 is 0. The largest absolute Gasteiger partial charge is 0.355 e. The molecule has 1 aliphatic heterocycles. The number of allylic oxidation sites excluding steroid dienone is 2. The predicted octanol–water partition coefficient (Wildman–Crippen LogP) is 1.88. The van der Waals surface area contributed by atoms with Gasteiger partial charge in [-0.05, 0) is 32.3 Å². The molecule has 160 valence electrons. The Hall–Kier alpha value is -2.96. The summed E-state index contributed by atoms with van der Waals surface area (Å²) in [5, 5.41) is 2.75. The van der Waals surface area contributed by atoms with Gasteiger partial charge >= 0.3 is 0 Å². The van der Waals surface area contributed by atoms with E-state index in [1.54, 1.807) is 6.92 Å². The molecule has 7 heteroatoms. The summed E-state index contributed by atoms with van der Waals surface area (Å²) < 4.78 is 0. The van der Waals surface area contributed by atoms with Gasteiger partial charge in [-0.3, -0.25) is 24.1 Å². The number of likely N-dealkylation sites (N-methyl/N-ethyl adjacent to an activating group) is 1. The molecule has 3 rings (SSSR count). The lowest BCUT2D eigenvalue weighted by molar-refractivity contribution is -0.143. The number of nitrogens with zero attached hydrogens (tertiary/aromatic N) is 2. The van der Waals surface area contributed by atoms with Crippen LogP contribution in [0.15, 0.2) is 42.5 Å². The van der Waals surface area contributed by atoms with Gasteiger partial charge in [0, 0.05) is 26.1 Å². The number of hydrogen-bond donors (Lipinski definition) is 1. The van der Waals surface area contributed by atoms with E-state index in [9.17, 15) is 19.2 Å². The number of fused-ring (bicyclic) bond motifs is 1. The fourth-order valence-corrected chi connectivity index (χ4v) is 4.13. The summed E-state index contributed by atoms with van der Waals surface area (Å²) in [7, 11) is 0. The SMILES string of the molecule is CCNC(=O)[C@H](C)N(Cc1ccccc1)C(=O)CCN1C(=O)[C@H]2CC=CC[C@H]2C1=O. The van der Waals surface area contributed by atoms with Gasteiger partial charge in [0.25, 0.3) is 0 Å². The third kappa shape index (κ3) is 4.61. The minimum absolute atomic E-state index is 0.000920. The minimum Gasteiger partial charge on any atom is -0.355 e. The van der Waals surface area contributed by atoms with Crippen LogP contribution in [0.3, 0.4) is 0 Å². The lowest BCUT2D eigenvalue weighted by Gasteiger charge is -2.29. The molecule has 7 nitrogen and oxygen atoms in total. The number of nitrogens with one attached hydrogen (secondary N) is 1. The highest BCUT2D eigenvalue weighted by Crippen LogP contribution is 2.35. The van der Waals surface area contributed by atoms with Crippen molar-refractivity contribution in [2.45, 2.75) is 45.7 Å². The Labute approximate surface area is 177 Å². The van der Waals surface area contributed by atoms with E-state index in [0.717, 1.165) is 5.56 Å². The van der Waals surface area contributed by atoms with Crippen molar-refractivity contribution in [1.82, 2.24) is 15.1 Å². The maximum Gasteiger partial charge on any atom is 0.242 e. The molecule has 0 bridgehead atoms. The second-order valence-corrected chi connectivity index (χ2v) is 7.81. The molecule has 1 fully saturated rings. The minimum atomic E-state index is -0.658. The molecule has 0 radical (unpaired) electrons. The first-order valence-corrected chi connectivity index (χ1v) is 10.5. The Morgan fingerprint density at radius 3 is 2.27 bits per heavy atom. The lowest BCUT2D eigenvalue weighted by Crippen LogP contribution is -2.48. The predicted molar refractivity (Wildman–Crippen MR) is 112 cm³/mol. The Balaban J connectivity index is 1.69. The van der Waals surface area contributed by atoms with Crippen LogP contribution in [0.1, 0.15) is 38.7 Å². The molecule has 1 aromatic rings. The zero-order valence-corrected chi connectivity index (χ0v) is 17.5. The second-order valence-electron chi connectivity index (χ2n) is 7.81. The van der Waals surface area contributed by atoms with E-state index in [2.05, 4.69) is 5.32 Å². The van der Waals surface area contributed by atoms with Gasteiger partial charge in [0.1, 0.15) is 6.04 Å². The van der Waals surface area contributed by atoms with Crippen molar-refractivity contribution in [2.24, 2.45) is 11.8 Å². The summed E-state index contributed by atoms with van der Waals surface area (Å²) in [6.07, 6.45) is 5.04. The number of imide groups is 1. The third-order valence-corrected chi connectivity index (χ3v) is 5.86. The molecule has 0 spiro atoms. The molecule has 1 aromatic carbocycles. The van der Waals surface area contributed by atoms with Gasteiger partial charge in [-0.1, -0.05) is 42.5 Å². The van der Waals surface area contributed by atoms with Crippen LogP contribution in [-0.2, 0) is 25.7 Å². The molecule has 0 aromatic heterocycles. The highest BCUT2D eigenvalue weighted by atomic mass is 16.2. The van der Waals surface area contributed by atoms with Crippen molar-refractivity contribution >= 4 is 23.6 Å². The number of benzene rings is 1. The van der Waals surface area contributed by atoms with E-state index in [4.69, 9.17) is 0 Å². The summed E-state index contributed by atoms with van der Waals surface area (Å²) in [6.45, 7) is 4.33. The van der Waals surface area contributed by atoms with Crippen LogP contribution in [0.4, 0.5) is 0 Å². The summed E-state index contributed by atoms with van der Waals surface area (Å²) in [5.74, 6) is -1.46. The van der Waals surface area contributed by atoms with E-state index in [1.807, 2.05) is 49.4 Å². The molecule has 30 heavy (non-hydrogen) atoms. The summed E-state index contributed by atoms with van der Waals surface area (Å²) in [5.41, 5.74) is 0.910. The van der Waals surface area contributed by atoms with E-state index in [-0.39, 0.29) is 55.0 Å². The number of carbonyl (C=O) groups excluding carboxylic acids is 4. The molecule has 1 heterocycles. The Bertz CT molecular complexity index is 810. The van der Waals surface area contributed by atoms with Gasteiger partial charge in [-0.25, -0.2) is 0 Å². The quantitative estimate of drug-likeness (QED) is 0.523. The Morgan fingerprint density at radius 1 is 1.10 bits per heavy atom. The molecular formula is C23H29N3O4. The maximum atomic E-state index is 13.1. The van der Waals surface area contributed by atoms with Crippen LogP contribution >= 0.6 is 0 Å². The normalized spacial score (nSPS) is 21.3. The van der Waals surface area contributed by atoms with Crippen LogP contribution in [0.5, 0.6) is 0 Å². The van der Waals surface area contributed by atoms with Crippen molar-refractivity contribution in [3.05, 3.63) is 48.0 Å². The van der Waals surface area contributed by atoms with Gasteiger partial charge in [0.15, 0.2) is 0 Å². The molecule has 4 amide bonds. The first-order chi connectivity index (χ1) is 14.4. The van der Waals surface area contributed by atoms with E-state index in [0.29, 0.717) is 19.4 Å². The molecule has 3 atom stereocenters. The average Bonchev–Trinajstić information content (AvgIpc) is 3.01. The van der Waals surface area contributed by atoms with Crippen molar-refractivity contribution in [1.29, 1.82) is 0 Å². The second kappa shape index (κ2) is 9.69. The molecule has 1 N–H and O–H groups in total. The zero-order chi connectivity index (χ0) is 21.7. The molecule has 2 aliphatic rings. The highest BCUT2D eigenvalue weighted by Gasteiger charge is 2.47. The van der Waals surface area contributed by atoms with Crippen molar-refractivity contribution < 1.29 is 19.2 Å². The van der Waals surface area contributed by atoms with Gasteiger partial charge in [-0.2, -0.15) is 0 Å². The van der Waals surface area contributed by atoms with Gasteiger partial charge < -0.3 is 10.2 Å². The first kappa shape index (κ1) is 21.7. The average molecular weight is 412 g/mol. The van der Waals surface area contributed by atoms with E-state index < -0.39 is 6.04 Å². The number of likely N-dealkylation sites (tertiary alicyclic amines) is 1. The van der Waals surface area contributed by atoms with Crippen molar-refractivity contribution in [3.8, 4) is 0 Å². The summed E-state index contributed by atoms with van der Waals surface area (Å²) in [6, 6.07) is 8.79. The highest BCUT2D eigenvalue weighted by molar-refractivity contribution is 6.05. The maximum absolute atomic E-state index is 13.1. The monoisotopic (exact) mass is 411 g/mol. The Kier molecular flexibility index (Phi) is 7.03. The van der Waals surface area contributed by atoms with Crippen LogP contribution in [-0.4, -0.2) is 52.6 Å². The molecule has 0 unspecified atom stereocenters. The topological polar surface area (TPSA) is 86.8 Å². The van der Waals surface area contributed by atoms with E-state index in [1.165, 1.54) is 9.80 Å². The molecule has 0 saturated carbocycles. The third-order valence-electron chi connectivity index (χ3n) is 5.86. The van der Waals surface area contributed by atoms with Crippen molar-refractivity contribution in [3.63, 3.8) is 0 Å². The molecular weight excluding hydrogens is 382 g/mol.